The van der Waals surface area contributed by atoms with Crippen LogP contribution in [0, 0.1) is 0 Å². The second-order valence-corrected chi connectivity index (χ2v) is 2.47. The largest absolute Gasteiger partial charge is 0.422 e. The van der Waals surface area contributed by atoms with Crippen molar-refractivity contribution in [2.75, 3.05) is 0 Å². The van der Waals surface area contributed by atoms with E-state index < -0.39 is 23.0 Å². The van der Waals surface area contributed by atoms with Crippen molar-refractivity contribution in [3.63, 3.8) is 0 Å². The Morgan fingerprint density at radius 3 is 1.07 bits per heavy atom. The average molecular weight is 243 g/mol. The first kappa shape index (κ1) is 16.1. The van der Waals surface area contributed by atoms with Gasteiger partial charge in [-0.25, -0.2) is 0 Å². The summed E-state index contributed by atoms with van der Waals surface area (Å²) in [6, 6.07) is 0. The average Bonchev–Trinajstić information content (AvgIpc) is 1.82. The molecule has 0 N–H and O–H groups in total. The zero-order chi connectivity index (χ0) is 12.2. The Morgan fingerprint density at radius 1 is 0.857 bits per heavy atom. The van der Waals surface area contributed by atoms with Crippen LogP contribution in [0.2, 0.25) is 0 Å². The van der Waals surface area contributed by atoms with E-state index in [1.54, 1.807) is 0 Å². The van der Waals surface area contributed by atoms with E-state index in [9.17, 15) is 26.3 Å². The van der Waals surface area contributed by atoms with Gasteiger partial charge in [-0.1, -0.05) is 25.4 Å². The molecule has 86 valence electrons. The van der Waals surface area contributed by atoms with Crippen LogP contribution in [0.25, 0.3) is 0 Å². The first-order valence-corrected chi connectivity index (χ1v) is 3.95. The Morgan fingerprint density at radius 2 is 1.07 bits per heavy atom. The van der Waals surface area contributed by atoms with Crippen LogP contribution in [0.1, 0.15) is 20.8 Å². The molecule has 0 nitrogen and oxygen atoms in total. The molecular formula is C7H9ClF6. The highest BCUT2D eigenvalue weighted by molar-refractivity contribution is 6.29. The lowest BCUT2D eigenvalue weighted by molar-refractivity contribution is -0.172. The van der Waals surface area contributed by atoms with Crippen LogP contribution in [0.15, 0.2) is 10.6 Å². The molecule has 0 amide bonds. The number of alkyl halides is 6. The third kappa shape index (κ3) is 5.36. The van der Waals surface area contributed by atoms with E-state index in [1.807, 2.05) is 13.8 Å². The Labute approximate surface area is 82.5 Å². The molecule has 0 unspecified atom stereocenters. The summed E-state index contributed by atoms with van der Waals surface area (Å²) in [6.45, 7) is 4.54. The van der Waals surface area contributed by atoms with Crippen molar-refractivity contribution in [2.45, 2.75) is 33.1 Å². The van der Waals surface area contributed by atoms with Gasteiger partial charge in [0.05, 0.1) is 0 Å². The third-order valence-electron chi connectivity index (χ3n) is 0.911. The fraction of sp³-hybridized carbons (Fsp3) is 0.714. The molecule has 0 fully saturated rings. The molecular weight excluding hydrogens is 234 g/mol. The Hall–Kier alpha value is -0.390. The molecule has 0 aromatic heterocycles. The number of hydrogen-bond acceptors (Lipinski definition) is 0. The summed E-state index contributed by atoms with van der Waals surface area (Å²) in [4.78, 5) is 0. The summed E-state index contributed by atoms with van der Waals surface area (Å²) in [5.41, 5.74) is -2.66. The molecule has 0 spiro atoms. The van der Waals surface area contributed by atoms with Crippen LogP contribution in [0.3, 0.4) is 0 Å². The van der Waals surface area contributed by atoms with E-state index in [1.165, 1.54) is 0 Å². The minimum absolute atomic E-state index is 0.540. The molecule has 0 heterocycles. The first-order chi connectivity index (χ1) is 6.07. The summed E-state index contributed by atoms with van der Waals surface area (Å²) in [7, 11) is 0. The predicted octanol–water partition coefficient (Wildman–Crippen LogP) is 4.65. The molecule has 0 rings (SSSR count). The molecule has 0 atom stereocenters. The maximum atomic E-state index is 11.6. The van der Waals surface area contributed by atoms with Crippen molar-refractivity contribution in [2.24, 2.45) is 0 Å². The second-order valence-electron chi connectivity index (χ2n) is 1.90. The van der Waals surface area contributed by atoms with E-state index in [0.717, 1.165) is 0 Å². The molecule has 7 heteroatoms. The van der Waals surface area contributed by atoms with Crippen molar-refractivity contribution in [3.05, 3.63) is 10.6 Å². The van der Waals surface area contributed by atoms with Crippen LogP contribution >= 0.6 is 11.6 Å². The highest BCUT2D eigenvalue weighted by atomic mass is 35.5. The van der Waals surface area contributed by atoms with Crippen molar-refractivity contribution >= 4 is 11.6 Å². The molecule has 0 aliphatic heterocycles. The second kappa shape index (κ2) is 5.48. The molecule has 0 aromatic carbocycles. The topological polar surface area (TPSA) is 0 Å². The van der Waals surface area contributed by atoms with Gasteiger partial charge in [-0.2, -0.15) is 26.3 Å². The van der Waals surface area contributed by atoms with Crippen molar-refractivity contribution in [1.82, 2.24) is 0 Å². The lowest BCUT2D eigenvalue weighted by Gasteiger charge is -2.15. The van der Waals surface area contributed by atoms with Crippen molar-refractivity contribution < 1.29 is 26.3 Å². The van der Waals surface area contributed by atoms with Gasteiger partial charge in [0.2, 0.25) is 0 Å². The van der Waals surface area contributed by atoms with Gasteiger partial charge in [0, 0.05) is 5.03 Å². The van der Waals surface area contributed by atoms with E-state index in [-0.39, 0.29) is 0 Å². The Balaban J connectivity index is 0. The molecule has 0 bridgehead atoms. The summed E-state index contributed by atoms with van der Waals surface area (Å²) in [6.07, 6.45) is -10.9. The van der Waals surface area contributed by atoms with Crippen LogP contribution < -0.4 is 0 Å². The highest BCUT2D eigenvalue weighted by Gasteiger charge is 2.52. The van der Waals surface area contributed by atoms with Gasteiger partial charge in [-0.15, -0.1) is 0 Å². The highest BCUT2D eigenvalue weighted by Crippen LogP contribution is 2.41. The summed E-state index contributed by atoms with van der Waals surface area (Å²) >= 11 is 4.65. The molecule has 0 radical (unpaired) electrons. The van der Waals surface area contributed by atoms with Gasteiger partial charge >= 0.3 is 12.4 Å². The van der Waals surface area contributed by atoms with Gasteiger partial charge in [-0.05, 0) is 6.92 Å². The Bertz CT molecular complexity index is 179. The van der Waals surface area contributed by atoms with Gasteiger partial charge in [0.1, 0.15) is 0 Å². The van der Waals surface area contributed by atoms with Crippen LogP contribution in [0.4, 0.5) is 26.3 Å². The van der Waals surface area contributed by atoms with Crippen LogP contribution in [-0.4, -0.2) is 12.4 Å². The minimum Gasteiger partial charge on any atom is -0.166 e. The van der Waals surface area contributed by atoms with Crippen molar-refractivity contribution in [3.8, 4) is 0 Å². The lowest BCUT2D eigenvalue weighted by Crippen LogP contribution is -2.26. The van der Waals surface area contributed by atoms with E-state index in [0.29, 0.717) is 6.92 Å². The molecule has 0 saturated heterocycles. The number of hydrogen-bond donors (Lipinski definition) is 0. The molecule has 14 heavy (non-hydrogen) atoms. The third-order valence-corrected chi connectivity index (χ3v) is 1.10. The summed E-state index contributed by atoms with van der Waals surface area (Å²) in [5, 5.41) is -1.31. The van der Waals surface area contributed by atoms with Crippen LogP contribution in [0.5, 0.6) is 0 Å². The zero-order valence-electron chi connectivity index (χ0n) is 7.65. The maximum absolute atomic E-state index is 11.6. The van der Waals surface area contributed by atoms with E-state index >= 15 is 0 Å². The fourth-order valence-electron chi connectivity index (χ4n) is 0.551. The normalized spacial score (nSPS) is 11.6. The number of rotatable bonds is 0. The molecule has 0 saturated carbocycles. The monoisotopic (exact) mass is 242 g/mol. The van der Waals surface area contributed by atoms with Crippen LogP contribution in [-0.2, 0) is 0 Å². The predicted molar refractivity (Wildman–Crippen MR) is 42.0 cm³/mol. The molecule has 0 aromatic rings. The van der Waals surface area contributed by atoms with Crippen molar-refractivity contribution in [1.29, 1.82) is 0 Å². The first-order valence-electron chi connectivity index (χ1n) is 3.57. The van der Waals surface area contributed by atoms with E-state index in [2.05, 4.69) is 11.6 Å². The zero-order valence-corrected chi connectivity index (χ0v) is 8.40. The standard InChI is InChI=1S/C5H3ClF6.C2H6/c1-2(6)3(4(7,8)9)5(10,11)12;1-2/h1H3;1-2H3. The summed E-state index contributed by atoms with van der Waals surface area (Å²) < 4.78 is 69.6. The quantitative estimate of drug-likeness (QED) is 0.543. The minimum atomic E-state index is -5.45. The lowest BCUT2D eigenvalue weighted by atomic mass is 10.2. The Kier molecular flexibility index (Phi) is 6.29. The maximum Gasteiger partial charge on any atom is 0.422 e. The van der Waals surface area contributed by atoms with E-state index in [4.69, 9.17) is 0 Å². The van der Waals surface area contributed by atoms with Gasteiger partial charge < -0.3 is 0 Å². The van der Waals surface area contributed by atoms with Gasteiger partial charge in [-0.3, -0.25) is 0 Å². The van der Waals surface area contributed by atoms with Gasteiger partial charge in [0.25, 0.3) is 0 Å². The summed E-state index contributed by atoms with van der Waals surface area (Å²) in [5.74, 6) is 0. The fourth-order valence-corrected chi connectivity index (χ4v) is 0.766. The SMILES string of the molecule is CC.CC(Cl)=C(C(F)(F)F)C(F)(F)F. The van der Waals surface area contributed by atoms with Gasteiger partial charge in [0.15, 0.2) is 5.57 Å². The number of halogens is 7. The molecule has 0 aliphatic carbocycles. The smallest absolute Gasteiger partial charge is 0.166 e. The molecule has 0 aliphatic rings. The number of allylic oxidation sites excluding steroid dienone is 2.